The van der Waals surface area contributed by atoms with E-state index < -0.39 is 12.5 Å². The Morgan fingerprint density at radius 2 is 2.06 bits per heavy atom. The predicted molar refractivity (Wildman–Crippen MR) is 55.9 cm³/mol. The summed E-state index contributed by atoms with van der Waals surface area (Å²) < 4.78 is 29.7. The summed E-state index contributed by atoms with van der Waals surface area (Å²) in [5.74, 6) is -0.210. The number of benzene rings is 1. The highest BCUT2D eigenvalue weighted by atomic mass is 19.3. The average molecular weight is 229 g/mol. The molecule has 0 aliphatic rings. The summed E-state index contributed by atoms with van der Waals surface area (Å²) in [4.78, 5) is 11.6. The van der Waals surface area contributed by atoms with Gasteiger partial charge >= 0.3 is 0 Å². The fraction of sp³-hybridized carbons (Fsp3) is 0.364. The summed E-state index contributed by atoms with van der Waals surface area (Å²) in [6, 6.07) is 2.97. The molecule has 0 spiro atoms. The highest BCUT2D eigenvalue weighted by Gasteiger charge is 2.18. The van der Waals surface area contributed by atoms with E-state index in [1.165, 1.54) is 26.2 Å². The molecule has 1 aromatic rings. The van der Waals surface area contributed by atoms with Crippen LogP contribution in [0.25, 0.3) is 0 Å². The highest BCUT2D eigenvalue weighted by Crippen LogP contribution is 2.27. The molecule has 0 aromatic heterocycles. The van der Waals surface area contributed by atoms with Gasteiger partial charge < -0.3 is 10.5 Å². The largest absolute Gasteiger partial charge is 0.496 e. The molecule has 0 heterocycles. The summed E-state index contributed by atoms with van der Waals surface area (Å²) in [6.07, 6.45) is -2.59. The van der Waals surface area contributed by atoms with E-state index in [0.29, 0.717) is 0 Å². The third-order valence-electron chi connectivity index (χ3n) is 2.16. The van der Waals surface area contributed by atoms with Gasteiger partial charge in [0.15, 0.2) is 5.78 Å². The summed E-state index contributed by atoms with van der Waals surface area (Å²) in [7, 11) is 1.32. The SMILES string of the molecule is COc1cc(C(F)F)ccc1C(=O)C(C)N. The number of methoxy groups -OCH3 is 1. The smallest absolute Gasteiger partial charge is 0.263 e. The number of ether oxygens (including phenoxy) is 1. The first kappa shape index (κ1) is 12.6. The van der Waals surface area contributed by atoms with E-state index in [9.17, 15) is 13.6 Å². The monoisotopic (exact) mass is 229 g/mol. The first-order valence-electron chi connectivity index (χ1n) is 4.73. The number of alkyl halides is 2. The van der Waals surface area contributed by atoms with Gasteiger partial charge in [0.05, 0.1) is 18.7 Å². The van der Waals surface area contributed by atoms with Gasteiger partial charge in [-0.25, -0.2) is 8.78 Å². The van der Waals surface area contributed by atoms with Crippen LogP contribution in [0.1, 0.15) is 29.3 Å². The second kappa shape index (κ2) is 5.03. The maximum Gasteiger partial charge on any atom is 0.263 e. The van der Waals surface area contributed by atoms with Crippen LogP contribution in [-0.2, 0) is 0 Å². The van der Waals surface area contributed by atoms with E-state index in [2.05, 4.69) is 0 Å². The number of Topliss-reactive ketones (excluding diaryl/α,β-unsaturated/α-hetero) is 1. The number of ketones is 1. The zero-order valence-corrected chi connectivity index (χ0v) is 9.04. The third kappa shape index (κ3) is 2.55. The summed E-state index contributed by atoms with van der Waals surface area (Å²) >= 11 is 0. The van der Waals surface area contributed by atoms with Gasteiger partial charge in [-0.1, -0.05) is 6.07 Å². The van der Waals surface area contributed by atoms with E-state index in [1.807, 2.05) is 0 Å². The Balaban J connectivity index is 3.17. The lowest BCUT2D eigenvalue weighted by Gasteiger charge is -2.11. The van der Waals surface area contributed by atoms with Crippen molar-refractivity contribution in [2.45, 2.75) is 19.4 Å². The molecule has 1 unspecified atom stereocenters. The molecule has 0 aliphatic heterocycles. The molecule has 0 aliphatic carbocycles. The summed E-state index contributed by atoms with van der Waals surface area (Å²) in [5, 5.41) is 0. The van der Waals surface area contributed by atoms with Crippen LogP contribution < -0.4 is 10.5 Å². The van der Waals surface area contributed by atoms with Gasteiger partial charge in [0, 0.05) is 5.56 Å². The van der Waals surface area contributed by atoms with Gasteiger partial charge in [-0.2, -0.15) is 0 Å². The van der Waals surface area contributed by atoms with Gasteiger partial charge in [-0.3, -0.25) is 4.79 Å². The molecule has 0 fully saturated rings. The van der Waals surface area contributed by atoms with Crippen molar-refractivity contribution >= 4 is 5.78 Å². The lowest BCUT2D eigenvalue weighted by Crippen LogP contribution is -2.27. The lowest BCUT2D eigenvalue weighted by molar-refractivity contribution is 0.0964. The Morgan fingerprint density at radius 1 is 1.44 bits per heavy atom. The van der Waals surface area contributed by atoms with Crippen molar-refractivity contribution in [2.24, 2.45) is 5.73 Å². The minimum absolute atomic E-state index is 0.125. The fourth-order valence-electron chi connectivity index (χ4n) is 1.29. The first-order valence-corrected chi connectivity index (χ1v) is 4.73. The first-order chi connectivity index (χ1) is 7.47. The molecule has 1 atom stereocenters. The van der Waals surface area contributed by atoms with Crippen molar-refractivity contribution < 1.29 is 18.3 Å². The molecule has 3 nitrogen and oxygen atoms in total. The van der Waals surface area contributed by atoms with Crippen LogP contribution >= 0.6 is 0 Å². The maximum absolute atomic E-state index is 12.4. The third-order valence-corrected chi connectivity index (χ3v) is 2.16. The number of carbonyl (C=O) groups is 1. The lowest BCUT2D eigenvalue weighted by atomic mass is 10.0. The molecule has 2 N–H and O–H groups in total. The molecule has 88 valence electrons. The summed E-state index contributed by atoms with van der Waals surface area (Å²) in [6.45, 7) is 1.53. The topological polar surface area (TPSA) is 52.3 Å². The Hall–Kier alpha value is -1.49. The Labute approximate surface area is 92.2 Å². The second-order valence-corrected chi connectivity index (χ2v) is 3.41. The zero-order chi connectivity index (χ0) is 12.3. The van der Waals surface area contributed by atoms with Crippen molar-refractivity contribution in [3.63, 3.8) is 0 Å². The predicted octanol–water partition coefficient (Wildman–Crippen LogP) is 2.16. The molecule has 0 bridgehead atoms. The minimum atomic E-state index is -2.59. The van der Waals surface area contributed by atoms with Gasteiger partial charge in [0.25, 0.3) is 6.43 Å². The molecule has 0 radical (unpaired) electrons. The molecule has 0 saturated heterocycles. The van der Waals surface area contributed by atoms with E-state index in [4.69, 9.17) is 10.5 Å². The highest BCUT2D eigenvalue weighted by molar-refractivity contribution is 6.02. The van der Waals surface area contributed by atoms with Crippen LogP contribution in [0.3, 0.4) is 0 Å². The van der Waals surface area contributed by atoms with Gasteiger partial charge in [-0.05, 0) is 19.1 Å². The zero-order valence-electron chi connectivity index (χ0n) is 9.04. The summed E-state index contributed by atoms with van der Waals surface area (Å²) in [5.41, 5.74) is 5.48. The van der Waals surface area contributed by atoms with Crippen LogP contribution in [0, 0.1) is 0 Å². The molecule has 5 heteroatoms. The van der Waals surface area contributed by atoms with E-state index >= 15 is 0 Å². The van der Waals surface area contributed by atoms with Crippen molar-refractivity contribution in [1.82, 2.24) is 0 Å². The van der Waals surface area contributed by atoms with Gasteiger partial charge in [0.2, 0.25) is 0 Å². The van der Waals surface area contributed by atoms with E-state index in [0.717, 1.165) is 6.07 Å². The maximum atomic E-state index is 12.4. The van der Waals surface area contributed by atoms with E-state index in [1.54, 1.807) is 0 Å². The standard InChI is InChI=1S/C11H13F2NO2/c1-6(14)10(15)8-4-3-7(11(12)13)5-9(8)16-2/h3-6,11H,14H2,1-2H3. The quantitative estimate of drug-likeness (QED) is 0.805. The number of hydrogen-bond donors (Lipinski definition) is 1. The Morgan fingerprint density at radius 3 is 2.50 bits per heavy atom. The molecule has 16 heavy (non-hydrogen) atoms. The van der Waals surface area contributed by atoms with Crippen LogP contribution in [0.15, 0.2) is 18.2 Å². The van der Waals surface area contributed by atoms with Gasteiger partial charge in [-0.15, -0.1) is 0 Å². The van der Waals surface area contributed by atoms with Crippen molar-refractivity contribution in [3.05, 3.63) is 29.3 Å². The molecule has 1 aromatic carbocycles. The van der Waals surface area contributed by atoms with Crippen LogP contribution in [0.2, 0.25) is 0 Å². The number of rotatable bonds is 4. The van der Waals surface area contributed by atoms with Crippen LogP contribution in [0.4, 0.5) is 8.78 Å². The number of nitrogens with two attached hydrogens (primary N) is 1. The molecular weight excluding hydrogens is 216 g/mol. The molecule has 0 saturated carbocycles. The van der Waals surface area contributed by atoms with E-state index in [-0.39, 0.29) is 22.7 Å². The average Bonchev–Trinajstić information content (AvgIpc) is 2.26. The molecule has 0 amide bonds. The van der Waals surface area contributed by atoms with Crippen molar-refractivity contribution in [2.75, 3.05) is 7.11 Å². The van der Waals surface area contributed by atoms with Crippen molar-refractivity contribution in [3.8, 4) is 5.75 Å². The Bertz CT molecular complexity index is 392. The van der Waals surface area contributed by atoms with Crippen LogP contribution in [0.5, 0.6) is 5.75 Å². The number of carbonyl (C=O) groups excluding carboxylic acids is 1. The minimum Gasteiger partial charge on any atom is -0.496 e. The second-order valence-electron chi connectivity index (χ2n) is 3.41. The molecular formula is C11H13F2NO2. The van der Waals surface area contributed by atoms with Crippen molar-refractivity contribution in [1.29, 1.82) is 0 Å². The normalized spacial score (nSPS) is 12.6. The number of halogens is 2. The van der Waals surface area contributed by atoms with Gasteiger partial charge in [0.1, 0.15) is 5.75 Å². The Kier molecular flexibility index (Phi) is 3.95. The van der Waals surface area contributed by atoms with Crippen LogP contribution in [-0.4, -0.2) is 18.9 Å². The fourth-order valence-corrected chi connectivity index (χ4v) is 1.29. The molecule has 1 rings (SSSR count). The number of hydrogen-bond acceptors (Lipinski definition) is 3.